The fraction of sp³-hybridized carbons (Fsp3) is 0.333. The van der Waals surface area contributed by atoms with Gasteiger partial charge in [0.05, 0.1) is 11.4 Å². The van der Waals surface area contributed by atoms with E-state index in [9.17, 15) is 0 Å². The van der Waals surface area contributed by atoms with E-state index in [1.165, 1.54) is 5.56 Å². The third-order valence-corrected chi connectivity index (χ3v) is 2.75. The van der Waals surface area contributed by atoms with E-state index in [1.54, 1.807) is 0 Å². The molecule has 66 valence electrons. The molecule has 0 heterocycles. The van der Waals surface area contributed by atoms with Crippen LogP contribution in [0.25, 0.3) is 0 Å². The monoisotopic (exact) mass is 228 g/mol. The van der Waals surface area contributed by atoms with Gasteiger partial charge in [-0.15, -0.1) is 0 Å². The van der Waals surface area contributed by atoms with Crippen molar-refractivity contribution in [2.24, 2.45) is 0 Å². The number of nitrogens with two attached hydrogens (primary N) is 2. The summed E-state index contributed by atoms with van der Waals surface area (Å²) in [5.41, 5.74) is 13.9. The number of benzene rings is 1. The van der Waals surface area contributed by atoms with E-state index in [-0.39, 0.29) is 0 Å². The van der Waals surface area contributed by atoms with Crippen molar-refractivity contribution >= 4 is 27.3 Å². The molecule has 0 saturated carbocycles. The third kappa shape index (κ3) is 1.55. The molecule has 0 aliphatic heterocycles. The fourth-order valence-electron chi connectivity index (χ4n) is 1.07. The van der Waals surface area contributed by atoms with Crippen molar-refractivity contribution in [3.63, 3.8) is 0 Å². The van der Waals surface area contributed by atoms with E-state index in [2.05, 4.69) is 29.8 Å². The van der Waals surface area contributed by atoms with Crippen molar-refractivity contribution in [1.82, 2.24) is 0 Å². The van der Waals surface area contributed by atoms with Crippen molar-refractivity contribution in [3.05, 3.63) is 22.2 Å². The first-order chi connectivity index (χ1) is 5.54. The maximum absolute atomic E-state index is 5.75. The Kier molecular flexibility index (Phi) is 2.62. The minimum Gasteiger partial charge on any atom is -0.397 e. The molecular weight excluding hydrogens is 216 g/mol. The number of rotatable bonds is 1. The number of hydrogen-bond donors (Lipinski definition) is 2. The van der Waals surface area contributed by atoms with Gasteiger partial charge in [-0.25, -0.2) is 0 Å². The van der Waals surface area contributed by atoms with Crippen LogP contribution in [0.4, 0.5) is 11.4 Å². The van der Waals surface area contributed by atoms with E-state index in [1.807, 2.05) is 12.1 Å². The second-order valence-corrected chi connectivity index (χ2v) is 3.92. The lowest BCUT2D eigenvalue weighted by Gasteiger charge is -2.11. The predicted octanol–water partition coefficient (Wildman–Crippen LogP) is 2.74. The molecule has 0 aliphatic carbocycles. The Labute approximate surface area is 81.1 Å². The van der Waals surface area contributed by atoms with Crippen LogP contribution in [0.3, 0.4) is 0 Å². The van der Waals surface area contributed by atoms with Crippen molar-refractivity contribution in [1.29, 1.82) is 0 Å². The molecule has 2 nitrogen and oxygen atoms in total. The van der Waals surface area contributed by atoms with Crippen LogP contribution >= 0.6 is 15.9 Å². The van der Waals surface area contributed by atoms with Gasteiger partial charge in [-0.1, -0.05) is 19.9 Å². The quantitative estimate of drug-likeness (QED) is 0.727. The number of halogens is 1. The summed E-state index contributed by atoms with van der Waals surface area (Å²) in [5, 5.41) is 0. The number of nitrogen functional groups attached to an aromatic ring is 2. The number of anilines is 2. The van der Waals surface area contributed by atoms with Gasteiger partial charge in [-0.3, -0.25) is 0 Å². The molecular formula is C9H13BrN2. The summed E-state index contributed by atoms with van der Waals surface area (Å²) in [5.74, 6) is 0.460. The van der Waals surface area contributed by atoms with Gasteiger partial charge in [-0.05, 0) is 33.5 Å². The first-order valence-corrected chi connectivity index (χ1v) is 4.66. The smallest absolute Gasteiger partial charge is 0.0695 e. The average Bonchev–Trinajstić information content (AvgIpc) is 2.00. The van der Waals surface area contributed by atoms with Crippen LogP contribution in [0.5, 0.6) is 0 Å². The van der Waals surface area contributed by atoms with E-state index >= 15 is 0 Å². The van der Waals surface area contributed by atoms with Gasteiger partial charge in [0.25, 0.3) is 0 Å². The molecule has 3 heteroatoms. The molecule has 0 unspecified atom stereocenters. The van der Waals surface area contributed by atoms with E-state index in [0.717, 1.165) is 4.47 Å². The van der Waals surface area contributed by atoms with Crippen LogP contribution in [-0.2, 0) is 0 Å². The summed E-state index contributed by atoms with van der Waals surface area (Å²) >= 11 is 3.43. The predicted molar refractivity (Wildman–Crippen MR) is 57.1 cm³/mol. The molecule has 0 amide bonds. The van der Waals surface area contributed by atoms with Crippen molar-refractivity contribution in [2.45, 2.75) is 19.8 Å². The van der Waals surface area contributed by atoms with Gasteiger partial charge in [0.15, 0.2) is 0 Å². The van der Waals surface area contributed by atoms with Gasteiger partial charge in [0, 0.05) is 4.47 Å². The van der Waals surface area contributed by atoms with E-state index in [0.29, 0.717) is 17.3 Å². The van der Waals surface area contributed by atoms with Crippen LogP contribution in [0.2, 0.25) is 0 Å². The normalized spacial score (nSPS) is 10.7. The minimum absolute atomic E-state index is 0.460. The number of hydrogen-bond acceptors (Lipinski definition) is 2. The van der Waals surface area contributed by atoms with Crippen LogP contribution < -0.4 is 11.5 Å². The molecule has 0 saturated heterocycles. The zero-order chi connectivity index (χ0) is 9.30. The standard InChI is InChI=1S/C9H13BrN2/c1-5(2)6-3-4-7(11)9(12)8(6)10/h3-5H,11-12H2,1-2H3. The molecule has 1 aromatic rings. The van der Waals surface area contributed by atoms with Crippen molar-refractivity contribution in [3.8, 4) is 0 Å². The Bertz CT molecular complexity index is 295. The van der Waals surface area contributed by atoms with Crippen LogP contribution in [0, 0.1) is 0 Å². The molecule has 0 aromatic heterocycles. The van der Waals surface area contributed by atoms with Crippen LogP contribution in [0.1, 0.15) is 25.3 Å². The minimum atomic E-state index is 0.460. The van der Waals surface area contributed by atoms with Gasteiger partial charge in [-0.2, -0.15) is 0 Å². The molecule has 0 atom stereocenters. The van der Waals surface area contributed by atoms with E-state index in [4.69, 9.17) is 11.5 Å². The van der Waals surface area contributed by atoms with Crippen LogP contribution in [-0.4, -0.2) is 0 Å². The molecule has 4 N–H and O–H groups in total. The lowest BCUT2D eigenvalue weighted by atomic mass is 10.0. The molecule has 0 bridgehead atoms. The summed E-state index contributed by atoms with van der Waals surface area (Å²) in [6, 6.07) is 3.84. The zero-order valence-corrected chi connectivity index (χ0v) is 8.85. The highest BCUT2D eigenvalue weighted by atomic mass is 79.9. The maximum atomic E-state index is 5.75. The molecule has 0 aliphatic rings. The highest BCUT2D eigenvalue weighted by molar-refractivity contribution is 9.10. The molecule has 1 aromatic carbocycles. The Morgan fingerprint density at radius 2 is 1.83 bits per heavy atom. The first kappa shape index (κ1) is 9.39. The molecule has 12 heavy (non-hydrogen) atoms. The van der Waals surface area contributed by atoms with Crippen molar-refractivity contribution in [2.75, 3.05) is 11.5 Å². The maximum Gasteiger partial charge on any atom is 0.0695 e. The third-order valence-electron chi connectivity index (χ3n) is 1.87. The summed E-state index contributed by atoms with van der Waals surface area (Å²) in [7, 11) is 0. The largest absolute Gasteiger partial charge is 0.397 e. The Morgan fingerprint density at radius 1 is 1.25 bits per heavy atom. The SMILES string of the molecule is CC(C)c1ccc(N)c(N)c1Br. The lowest BCUT2D eigenvalue weighted by molar-refractivity contribution is 0.862. The topological polar surface area (TPSA) is 52.0 Å². The van der Waals surface area contributed by atoms with Gasteiger partial charge >= 0.3 is 0 Å². The summed E-state index contributed by atoms with van der Waals surface area (Å²) in [6.45, 7) is 4.24. The van der Waals surface area contributed by atoms with Gasteiger partial charge in [0.2, 0.25) is 0 Å². The molecule has 0 radical (unpaired) electrons. The molecule has 0 spiro atoms. The zero-order valence-electron chi connectivity index (χ0n) is 7.26. The summed E-state index contributed by atoms with van der Waals surface area (Å²) in [4.78, 5) is 0. The first-order valence-electron chi connectivity index (χ1n) is 3.87. The Hall–Kier alpha value is -0.700. The van der Waals surface area contributed by atoms with Gasteiger partial charge in [0.1, 0.15) is 0 Å². The Balaban J connectivity index is 3.27. The highest BCUT2D eigenvalue weighted by Crippen LogP contribution is 2.33. The van der Waals surface area contributed by atoms with E-state index < -0.39 is 0 Å². The lowest BCUT2D eigenvalue weighted by Crippen LogP contribution is -1.99. The second-order valence-electron chi connectivity index (χ2n) is 3.13. The molecule has 1 rings (SSSR count). The average molecular weight is 229 g/mol. The summed E-state index contributed by atoms with van der Waals surface area (Å²) in [6.07, 6.45) is 0. The van der Waals surface area contributed by atoms with Gasteiger partial charge < -0.3 is 11.5 Å². The highest BCUT2D eigenvalue weighted by Gasteiger charge is 2.08. The summed E-state index contributed by atoms with van der Waals surface area (Å²) < 4.78 is 0.928. The van der Waals surface area contributed by atoms with Crippen molar-refractivity contribution < 1.29 is 0 Å². The Morgan fingerprint density at radius 3 is 2.33 bits per heavy atom. The van der Waals surface area contributed by atoms with Crippen LogP contribution in [0.15, 0.2) is 16.6 Å². The second kappa shape index (κ2) is 3.35. The molecule has 0 fully saturated rings. The fourth-order valence-corrected chi connectivity index (χ4v) is 1.89.